The van der Waals surface area contributed by atoms with Gasteiger partial charge < -0.3 is 11.5 Å². The minimum Gasteiger partial charge on any atom is -0.369 e. The van der Waals surface area contributed by atoms with Gasteiger partial charge in [-0.25, -0.2) is 0 Å². The van der Waals surface area contributed by atoms with E-state index in [4.69, 9.17) is 11.5 Å². The van der Waals surface area contributed by atoms with E-state index in [-0.39, 0.29) is 25.4 Å². The van der Waals surface area contributed by atoms with Crippen molar-refractivity contribution in [3.05, 3.63) is 34.3 Å². The van der Waals surface area contributed by atoms with Gasteiger partial charge in [-0.2, -0.15) is 0 Å². The minimum atomic E-state index is -0.622. The highest BCUT2D eigenvalue weighted by Gasteiger charge is 2.16. The van der Waals surface area contributed by atoms with Crippen LogP contribution in [0.4, 0.5) is 0 Å². The second-order valence-electron chi connectivity index (χ2n) is 4.01. The largest absolute Gasteiger partial charge is 0.369 e. The zero-order valence-electron chi connectivity index (χ0n) is 10.1. The molecule has 0 heterocycles. The first-order valence-corrected chi connectivity index (χ1v) is 6.25. The lowest BCUT2D eigenvalue weighted by molar-refractivity contribution is -0.121. The Balaban J connectivity index is 2.75. The summed E-state index contributed by atoms with van der Waals surface area (Å²) in [6.07, 6.45) is 0. The van der Waals surface area contributed by atoms with E-state index in [1.807, 2.05) is 0 Å². The van der Waals surface area contributed by atoms with Crippen LogP contribution in [0, 0.1) is 0 Å². The van der Waals surface area contributed by atoms with Crippen molar-refractivity contribution < 1.29 is 14.4 Å². The summed E-state index contributed by atoms with van der Waals surface area (Å²) in [5, 5.41) is 0. The summed E-state index contributed by atoms with van der Waals surface area (Å²) in [6.45, 7) is -0.478. The summed E-state index contributed by atoms with van der Waals surface area (Å²) < 4.78 is 0.773. The maximum atomic E-state index is 12.0. The quantitative estimate of drug-likeness (QED) is 0.682. The molecule has 0 saturated heterocycles. The number of rotatable bonds is 7. The Morgan fingerprint density at radius 1 is 1.05 bits per heavy atom. The van der Waals surface area contributed by atoms with Crippen LogP contribution in [0.5, 0.6) is 0 Å². The van der Waals surface area contributed by atoms with Crippen LogP contribution >= 0.6 is 15.9 Å². The smallest absolute Gasteiger partial charge is 0.231 e. The Bertz CT molecular complexity index is 489. The fourth-order valence-corrected chi connectivity index (χ4v) is 1.96. The maximum Gasteiger partial charge on any atom is 0.231 e. The number of nitrogens with zero attached hydrogens (tertiary/aromatic N) is 1. The molecule has 0 aromatic heterocycles. The molecule has 1 aromatic carbocycles. The van der Waals surface area contributed by atoms with E-state index >= 15 is 0 Å². The van der Waals surface area contributed by atoms with Gasteiger partial charge in [0.15, 0.2) is 5.78 Å². The number of primary amides is 2. The van der Waals surface area contributed by atoms with Crippen molar-refractivity contribution in [1.29, 1.82) is 0 Å². The first-order chi connectivity index (χ1) is 8.88. The number of hydrogen-bond acceptors (Lipinski definition) is 4. The van der Waals surface area contributed by atoms with E-state index in [1.165, 1.54) is 4.90 Å². The Morgan fingerprint density at radius 2 is 1.63 bits per heavy atom. The monoisotopic (exact) mass is 327 g/mol. The van der Waals surface area contributed by atoms with E-state index < -0.39 is 11.8 Å². The number of nitrogens with two attached hydrogens (primary N) is 2. The van der Waals surface area contributed by atoms with Gasteiger partial charge in [0.2, 0.25) is 11.8 Å². The number of carbonyl (C=O) groups excluding carboxylic acids is 3. The third-order valence-corrected chi connectivity index (χ3v) is 2.77. The maximum absolute atomic E-state index is 12.0. The van der Waals surface area contributed by atoms with Crippen LogP contribution in [0.15, 0.2) is 28.7 Å². The molecule has 7 heteroatoms. The molecule has 0 aliphatic heterocycles. The van der Waals surface area contributed by atoms with Crippen molar-refractivity contribution in [3.63, 3.8) is 0 Å². The van der Waals surface area contributed by atoms with Gasteiger partial charge >= 0.3 is 0 Å². The van der Waals surface area contributed by atoms with Gasteiger partial charge in [0.05, 0.1) is 19.6 Å². The van der Waals surface area contributed by atoms with Crippen LogP contribution in [0.25, 0.3) is 0 Å². The second-order valence-corrected chi connectivity index (χ2v) is 4.93. The lowest BCUT2D eigenvalue weighted by Gasteiger charge is -2.17. The molecule has 0 atom stereocenters. The van der Waals surface area contributed by atoms with Crippen LogP contribution < -0.4 is 11.5 Å². The molecule has 0 unspecified atom stereocenters. The Labute approximate surface area is 118 Å². The highest BCUT2D eigenvalue weighted by molar-refractivity contribution is 9.10. The van der Waals surface area contributed by atoms with Crippen molar-refractivity contribution in [2.24, 2.45) is 11.5 Å². The third kappa shape index (κ3) is 5.62. The van der Waals surface area contributed by atoms with Crippen molar-refractivity contribution in [2.75, 3.05) is 19.6 Å². The number of halogens is 1. The standard InChI is InChI=1S/C12H14BrN3O3/c13-9-3-1-2-8(4-9)10(17)5-16(6-11(14)18)7-12(15)19/h1-4H,5-7H2,(H2,14,18)(H2,15,19). The molecular weight excluding hydrogens is 314 g/mol. The molecule has 0 aliphatic rings. The molecule has 2 amide bonds. The summed E-state index contributed by atoms with van der Waals surface area (Å²) in [4.78, 5) is 35.1. The van der Waals surface area contributed by atoms with E-state index in [9.17, 15) is 14.4 Å². The average molecular weight is 328 g/mol. The van der Waals surface area contributed by atoms with Gasteiger partial charge in [-0.1, -0.05) is 28.1 Å². The zero-order chi connectivity index (χ0) is 14.4. The van der Waals surface area contributed by atoms with Crippen molar-refractivity contribution >= 4 is 33.5 Å². The van der Waals surface area contributed by atoms with Crippen molar-refractivity contribution in [1.82, 2.24) is 4.90 Å². The minimum absolute atomic E-state index is 0.0949. The van der Waals surface area contributed by atoms with E-state index in [0.717, 1.165) is 4.47 Å². The average Bonchev–Trinajstić information content (AvgIpc) is 2.26. The Kier molecular flexibility index (Phi) is 5.65. The summed E-state index contributed by atoms with van der Waals surface area (Å²) in [7, 11) is 0. The molecule has 0 bridgehead atoms. The van der Waals surface area contributed by atoms with Gasteiger partial charge in [0, 0.05) is 10.0 Å². The fourth-order valence-electron chi connectivity index (χ4n) is 1.56. The van der Waals surface area contributed by atoms with Gasteiger partial charge in [-0.3, -0.25) is 19.3 Å². The van der Waals surface area contributed by atoms with Crippen LogP contribution in [0.2, 0.25) is 0 Å². The van der Waals surface area contributed by atoms with Gasteiger partial charge in [-0.05, 0) is 12.1 Å². The lowest BCUT2D eigenvalue weighted by Crippen LogP contribution is -2.42. The van der Waals surface area contributed by atoms with E-state index in [0.29, 0.717) is 5.56 Å². The molecule has 4 N–H and O–H groups in total. The van der Waals surface area contributed by atoms with Gasteiger partial charge in [-0.15, -0.1) is 0 Å². The van der Waals surface area contributed by atoms with Crippen molar-refractivity contribution in [3.8, 4) is 0 Å². The molecule has 1 rings (SSSR count). The number of ketones is 1. The number of benzene rings is 1. The lowest BCUT2D eigenvalue weighted by atomic mass is 10.1. The molecule has 0 fully saturated rings. The Morgan fingerprint density at radius 3 is 2.11 bits per heavy atom. The first-order valence-electron chi connectivity index (χ1n) is 5.46. The molecule has 0 saturated carbocycles. The fraction of sp³-hybridized carbons (Fsp3) is 0.250. The van der Waals surface area contributed by atoms with Crippen molar-refractivity contribution in [2.45, 2.75) is 0 Å². The van der Waals surface area contributed by atoms with Gasteiger partial charge in [0.1, 0.15) is 0 Å². The molecule has 6 nitrogen and oxygen atoms in total. The number of carbonyl (C=O) groups is 3. The van der Waals surface area contributed by atoms with Crippen LogP contribution in [0.1, 0.15) is 10.4 Å². The molecule has 0 spiro atoms. The number of amides is 2. The summed E-state index contributed by atoms with van der Waals surface area (Å²) >= 11 is 3.26. The summed E-state index contributed by atoms with van der Waals surface area (Å²) in [5.74, 6) is -1.46. The first kappa shape index (κ1) is 15.3. The van der Waals surface area contributed by atoms with Crippen LogP contribution in [-0.4, -0.2) is 42.1 Å². The van der Waals surface area contributed by atoms with E-state index in [1.54, 1.807) is 24.3 Å². The number of Topliss-reactive ketones (excluding diaryl/α,β-unsaturated/α-hetero) is 1. The number of hydrogen-bond donors (Lipinski definition) is 2. The topological polar surface area (TPSA) is 106 Å². The molecule has 19 heavy (non-hydrogen) atoms. The molecule has 1 aromatic rings. The third-order valence-electron chi connectivity index (χ3n) is 2.27. The van der Waals surface area contributed by atoms with Gasteiger partial charge in [0.25, 0.3) is 0 Å². The van der Waals surface area contributed by atoms with E-state index in [2.05, 4.69) is 15.9 Å². The summed E-state index contributed by atoms with van der Waals surface area (Å²) in [6, 6.07) is 6.83. The highest BCUT2D eigenvalue weighted by atomic mass is 79.9. The van der Waals surface area contributed by atoms with Crippen LogP contribution in [-0.2, 0) is 9.59 Å². The normalized spacial score (nSPS) is 10.4. The molecule has 0 radical (unpaired) electrons. The zero-order valence-corrected chi connectivity index (χ0v) is 11.7. The molecule has 0 aliphatic carbocycles. The molecular formula is C12H14BrN3O3. The predicted molar refractivity (Wildman–Crippen MR) is 73.3 cm³/mol. The molecule has 102 valence electrons. The second kappa shape index (κ2) is 7.01. The highest BCUT2D eigenvalue weighted by Crippen LogP contribution is 2.12. The predicted octanol–water partition coefficient (Wildman–Crippen LogP) is -0.0956. The van der Waals surface area contributed by atoms with Crippen LogP contribution in [0.3, 0.4) is 0 Å². The summed E-state index contributed by atoms with van der Waals surface area (Å²) in [5.41, 5.74) is 10.6. The Hall–Kier alpha value is -1.73. The SMILES string of the molecule is NC(=O)CN(CC(N)=O)CC(=O)c1cccc(Br)c1.